The molecule has 3 aromatic carbocycles. The average molecular weight is 640 g/mol. The Balaban J connectivity index is 1.40. The van der Waals surface area contributed by atoms with E-state index < -0.39 is 12.0 Å². The van der Waals surface area contributed by atoms with Gasteiger partial charge in [-0.15, -0.1) is 0 Å². The minimum absolute atomic E-state index is 0.120. The summed E-state index contributed by atoms with van der Waals surface area (Å²) in [6, 6.07) is 20.7. The van der Waals surface area contributed by atoms with E-state index in [-0.39, 0.29) is 19.0 Å². The number of carbonyl (C=O) groups is 1. The van der Waals surface area contributed by atoms with Crippen molar-refractivity contribution in [1.29, 1.82) is 0 Å². The fourth-order valence-corrected chi connectivity index (χ4v) is 7.11. The van der Waals surface area contributed by atoms with Crippen LogP contribution in [0.2, 0.25) is 5.02 Å². The number of hydrogen-bond acceptors (Lipinski definition) is 7. The van der Waals surface area contributed by atoms with Crippen molar-refractivity contribution in [3.05, 3.63) is 126 Å². The zero-order chi connectivity index (χ0) is 31.1. The fraction of sp³-hybridized carbons (Fsp3) is 0.229. The van der Waals surface area contributed by atoms with Crippen LogP contribution in [0.15, 0.2) is 94.0 Å². The summed E-state index contributed by atoms with van der Waals surface area (Å²) in [6.45, 7) is 4.79. The fourth-order valence-electron chi connectivity index (χ4n) is 5.97. The molecule has 5 aromatic rings. The predicted molar refractivity (Wildman–Crippen MR) is 175 cm³/mol. The Morgan fingerprint density at radius 3 is 2.69 bits per heavy atom. The van der Waals surface area contributed by atoms with E-state index in [1.807, 2.05) is 67.6 Å². The van der Waals surface area contributed by atoms with Crippen molar-refractivity contribution in [2.24, 2.45) is 4.99 Å². The highest BCUT2D eigenvalue weighted by Crippen LogP contribution is 2.39. The molecule has 0 saturated heterocycles. The maximum atomic E-state index is 14.3. The van der Waals surface area contributed by atoms with E-state index in [0.29, 0.717) is 50.1 Å². The predicted octanol–water partition coefficient (Wildman–Crippen LogP) is 5.96. The number of fused-ring (bicyclic) bond motifs is 3. The van der Waals surface area contributed by atoms with Crippen molar-refractivity contribution < 1.29 is 19.0 Å². The smallest absolute Gasteiger partial charge is 0.338 e. The highest BCUT2D eigenvalue weighted by Gasteiger charge is 2.35. The van der Waals surface area contributed by atoms with Gasteiger partial charge in [-0.3, -0.25) is 9.36 Å². The maximum absolute atomic E-state index is 14.3. The minimum atomic E-state index is -0.732. The largest absolute Gasteiger partial charge is 0.463 e. The van der Waals surface area contributed by atoms with Crippen LogP contribution in [-0.2, 0) is 16.1 Å². The number of thiazole rings is 1. The van der Waals surface area contributed by atoms with E-state index in [4.69, 9.17) is 30.8 Å². The van der Waals surface area contributed by atoms with E-state index in [0.717, 1.165) is 34.0 Å². The van der Waals surface area contributed by atoms with E-state index >= 15 is 0 Å². The quantitative estimate of drug-likeness (QED) is 0.196. The zero-order valence-electron chi connectivity index (χ0n) is 24.8. The third kappa shape index (κ3) is 5.36. The molecule has 0 fully saturated rings. The molecule has 0 N–H and O–H groups in total. The Morgan fingerprint density at radius 2 is 1.89 bits per heavy atom. The number of allylic oxidation sites excluding steroid dienone is 1. The van der Waals surface area contributed by atoms with Crippen LogP contribution in [0.5, 0.6) is 11.5 Å². The molecule has 1 atom stereocenters. The maximum Gasteiger partial charge on any atom is 0.338 e. The van der Waals surface area contributed by atoms with Gasteiger partial charge in [-0.25, -0.2) is 9.79 Å². The lowest BCUT2D eigenvalue weighted by atomic mass is 9.94. The number of hydrogen-bond donors (Lipinski definition) is 0. The molecule has 228 valence electrons. The Labute approximate surface area is 268 Å². The summed E-state index contributed by atoms with van der Waals surface area (Å²) in [5, 5.41) is 1.72. The summed E-state index contributed by atoms with van der Waals surface area (Å²) < 4.78 is 21.0. The minimum Gasteiger partial charge on any atom is -0.463 e. The van der Waals surface area contributed by atoms with Gasteiger partial charge in [-0.05, 0) is 60.9 Å². The molecule has 8 nitrogen and oxygen atoms in total. The van der Waals surface area contributed by atoms with Crippen LogP contribution in [-0.4, -0.2) is 28.5 Å². The highest BCUT2D eigenvalue weighted by atomic mass is 35.5. The van der Waals surface area contributed by atoms with Crippen molar-refractivity contribution in [2.45, 2.75) is 39.3 Å². The molecule has 2 aromatic heterocycles. The van der Waals surface area contributed by atoms with Crippen LogP contribution in [0.25, 0.3) is 17.0 Å². The van der Waals surface area contributed by atoms with Gasteiger partial charge in [0, 0.05) is 34.2 Å². The van der Waals surface area contributed by atoms with Gasteiger partial charge in [0.15, 0.2) is 16.3 Å². The second-order valence-electron chi connectivity index (χ2n) is 10.9. The van der Waals surface area contributed by atoms with Crippen molar-refractivity contribution in [1.82, 2.24) is 9.13 Å². The molecule has 7 rings (SSSR count). The summed E-state index contributed by atoms with van der Waals surface area (Å²) >= 11 is 7.44. The first-order valence-corrected chi connectivity index (χ1v) is 16.1. The summed E-state index contributed by atoms with van der Waals surface area (Å²) in [5.41, 5.74) is 4.58. The van der Waals surface area contributed by atoms with Crippen LogP contribution in [0.1, 0.15) is 49.4 Å². The Kier molecular flexibility index (Phi) is 7.81. The van der Waals surface area contributed by atoms with Gasteiger partial charge in [0.25, 0.3) is 5.56 Å². The number of ether oxygens (including phenoxy) is 3. The molecule has 0 amide bonds. The first-order chi connectivity index (χ1) is 21.9. The second-order valence-corrected chi connectivity index (χ2v) is 12.3. The summed E-state index contributed by atoms with van der Waals surface area (Å²) in [7, 11) is 0. The van der Waals surface area contributed by atoms with E-state index in [2.05, 4.69) is 22.9 Å². The Bertz CT molecular complexity index is 2160. The molecular formula is C35H30ClN3O5S. The van der Waals surface area contributed by atoms with Crippen molar-refractivity contribution in [3.8, 4) is 11.5 Å². The molecule has 4 heterocycles. The lowest BCUT2D eigenvalue weighted by Crippen LogP contribution is -2.40. The summed E-state index contributed by atoms with van der Waals surface area (Å²) in [5.74, 6) is 0.712. The molecular weight excluding hydrogens is 610 g/mol. The number of esters is 1. The number of benzene rings is 3. The summed E-state index contributed by atoms with van der Waals surface area (Å²) in [6.07, 6.45) is 5.34. The SMILES string of the molecule is CCCC1=C(C(=O)OCC)[C@@H](c2ccc3c(c2)OCO3)n2c(s/c(=C/c3cn(Cc4ccc(Cl)cc4)c4ccccc34)c2=O)=N1. The number of para-hydroxylation sites is 1. The molecule has 0 spiro atoms. The van der Waals surface area contributed by atoms with Crippen LogP contribution in [0, 0.1) is 0 Å². The number of halogens is 1. The third-order valence-corrected chi connectivity index (χ3v) is 9.21. The van der Waals surface area contributed by atoms with E-state index in [1.165, 1.54) is 11.3 Å². The van der Waals surface area contributed by atoms with Gasteiger partial charge in [0.1, 0.15) is 0 Å². The molecule has 0 unspecified atom stereocenters. The van der Waals surface area contributed by atoms with Gasteiger partial charge >= 0.3 is 5.97 Å². The molecule has 2 aliphatic heterocycles. The molecule has 0 aliphatic carbocycles. The van der Waals surface area contributed by atoms with Crippen LogP contribution in [0.4, 0.5) is 0 Å². The van der Waals surface area contributed by atoms with Gasteiger partial charge < -0.3 is 18.8 Å². The molecule has 0 bridgehead atoms. The van der Waals surface area contributed by atoms with Crippen molar-refractivity contribution in [3.63, 3.8) is 0 Å². The van der Waals surface area contributed by atoms with Crippen LogP contribution in [0.3, 0.4) is 0 Å². The lowest BCUT2D eigenvalue weighted by Gasteiger charge is -2.25. The Hall–Kier alpha value is -4.60. The Morgan fingerprint density at radius 1 is 1.09 bits per heavy atom. The summed E-state index contributed by atoms with van der Waals surface area (Å²) in [4.78, 5) is 33.3. The first kappa shape index (κ1) is 29.1. The zero-order valence-corrected chi connectivity index (χ0v) is 26.4. The van der Waals surface area contributed by atoms with Gasteiger partial charge in [0.2, 0.25) is 6.79 Å². The third-order valence-electron chi connectivity index (χ3n) is 7.98. The molecule has 2 aliphatic rings. The average Bonchev–Trinajstić information content (AvgIpc) is 3.74. The van der Waals surface area contributed by atoms with E-state index in [1.54, 1.807) is 11.5 Å². The number of nitrogens with zero attached hydrogens (tertiary/aromatic N) is 3. The standard InChI is InChI=1S/C35H30ClN3O5S/c1-3-7-26-31(34(41)42-4-2)32(22-12-15-28-29(16-22)44-20-43-28)39-33(40)30(45-35(39)37-26)17-23-19-38(27-9-6-5-8-25(23)27)18-21-10-13-24(36)14-11-21/h5-6,8-17,19,32H,3-4,7,18,20H2,1-2H3/b30-17+/t32-/m1/s1. The van der Waals surface area contributed by atoms with E-state index in [9.17, 15) is 9.59 Å². The molecule has 10 heteroatoms. The first-order valence-electron chi connectivity index (χ1n) is 14.9. The van der Waals surface area contributed by atoms with Gasteiger partial charge in [0.05, 0.1) is 28.5 Å². The van der Waals surface area contributed by atoms with Crippen molar-refractivity contribution in [2.75, 3.05) is 13.4 Å². The number of carbonyl (C=O) groups excluding carboxylic acids is 1. The molecule has 0 saturated carbocycles. The number of aromatic nitrogens is 2. The van der Waals surface area contributed by atoms with Crippen LogP contribution >= 0.6 is 22.9 Å². The van der Waals surface area contributed by atoms with Gasteiger partial charge in [-0.2, -0.15) is 0 Å². The van der Waals surface area contributed by atoms with Crippen molar-refractivity contribution >= 4 is 45.9 Å². The topological polar surface area (TPSA) is 84.0 Å². The normalized spacial score (nSPS) is 15.8. The molecule has 0 radical (unpaired) electrons. The second kappa shape index (κ2) is 12.1. The van der Waals surface area contributed by atoms with Gasteiger partial charge in [-0.1, -0.05) is 72.7 Å². The highest BCUT2D eigenvalue weighted by molar-refractivity contribution is 7.07. The molecule has 45 heavy (non-hydrogen) atoms. The van der Waals surface area contributed by atoms with Crippen LogP contribution < -0.4 is 24.4 Å². The monoisotopic (exact) mass is 639 g/mol. The number of rotatable bonds is 8. The lowest BCUT2D eigenvalue weighted by molar-refractivity contribution is -0.139.